The standard InChI is InChI=1S/C30H34F2N2O4S/c1-4-20-5-6-22-16-39(37,38)17-28(26(22)12-20)33-15-29(35)27(13-21-10-24(31)14-25(32)11-21)34-30(36)23-8-18(2)7-19(3)9-23/h5-12,14,27-29,33,35H,4,13,15-17H2,1-3H3,(H,34,36)/t27-,28-,29+/m1/s1. The monoisotopic (exact) mass is 556 g/mol. The molecule has 0 saturated heterocycles. The maximum atomic E-state index is 13.9. The SMILES string of the molecule is CCc1ccc2c(c1)[C@H](NC[C@H](O)[C@@H](Cc1cc(F)cc(F)c1)NC(=O)c1cc(C)cc(C)c1)CS(=O)(=O)C2. The molecule has 0 fully saturated rings. The average molecular weight is 557 g/mol. The van der Waals surface area contributed by atoms with Crippen LogP contribution in [0.5, 0.6) is 0 Å². The maximum Gasteiger partial charge on any atom is 0.251 e. The summed E-state index contributed by atoms with van der Waals surface area (Å²) in [5.74, 6) is -2.09. The molecule has 0 bridgehead atoms. The highest BCUT2D eigenvalue weighted by Gasteiger charge is 2.31. The predicted octanol–water partition coefficient (Wildman–Crippen LogP) is 4.11. The van der Waals surface area contributed by atoms with Crippen LogP contribution in [0.1, 0.15) is 56.7 Å². The van der Waals surface area contributed by atoms with Gasteiger partial charge >= 0.3 is 0 Å². The van der Waals surface area contributed by atoms with Gasteiger partial charge in [0.2, 0.25) is 0 Å². The Kier molecular flexibility index (Phi) is 8.83. The van der Waals surface area contributed by atoms with Crippen molar-refractivity contribution in [2.75, 3.05) is 12.3 Å². The Hall–Kier alpha value is -3.14. The number of rotatable bonds is 9. The van der Waals surface area contributed by atoms with Crippen molar-refractivity contribution in [1.29, 1.82) is 0 Å². The largest absolute Gasteiger partial charge is 0.390 e. The summed E-state index contributed by atoms with van der Waals surface area (Å²) in [5, 5.41) is 17.2. The molecule has 0 unspecified atom stereocenters. The first kappa shape index (κ1) is 28.9. The van der Waals surface area contributed by atoms with Crippen LogP contribution in [0, 0.1) is 25.5 Å². The van der Waals surface area contributed by atoms with Crippen LogP contribution >= 0.6 is 0 Å². The minimum Gasteiger partial charge on any atom is -0.390 e. The highest BCUT2D eigenvalue weighted by molar-refractivity contribution is 7.90. The second-order valence-corrected chi connectivity index (χ2v) is 12.5. The first-order valence-electron chi connectivity index (χ1n) is 13.0. The lowest BCUT2D eigenvalue weighted by Crippen LogP contribution is -2.50. The molecule has 1 aliphatic rings. The number of hydrogen-bond acceptors (Lipinski definition) is 5. The zero-order valence-electron chi connectivity index (χ0n) is 22.3. The van der Waals surface area contributed by atoms with Gasteiger partial charge in [0, 0.05) is 24.2 Å². The number of carbonyl (C=O) groups excluding carboxylic acids is 1. The number of hydrogen-bond donors (Lipinski definition) is 3. The molecule has 9 heteroatoms. The summed E-state index contributed by atoms with van der Waals surface area (Å²) >= 11 is 0. The lowest BCUT2D eigenvalue weighted by Gasteiger charge is -2.30. The zero-order valence-corrected chi connectivity index (χ0v) is 23.1. The number of nitrogens with one attached hydrogen (secondary N) is 2. The van der Waals surface area contributed by atoms with Crippen molar-refractivity contribution in [2.45, 2.75) is 57.6 Å². The van der Waals surface area contributed by atoms with E-state index in [0.29, 0.717) is 5.56 Å². The predicted molar refractivity (Wildman–Crippen MR) is 147 cm³/mol. The smallest absolute Gasteiger partial charge is 0.251 e. The Labute approximate surface area is 228 Å². The second kappa shape index (κ2) is 11.9. The molecular formula is C30H34F2N2O4S. The molecule has 6 nitrogen and oxygen atoms in total. The summed E-state index contributed by atoms with van der Waals surface area (Å²) in [6, 6.07) is 12.8. The van der Waals surface area contributed by atoms with Crippen molar-refractivity contribution < 1.29 is 27.1 Å². The molecule has 4 rings (SSSR count). The Morgan fingerprint density at radius 1 is 1.00 bits per heavy atom. The summed E-state index contributed by atoms with van der Waals surface area (Å²) in [7, 11) is -3.35. The van der Waals surface area contributed by atoms with E-state index in [1.54, 1.807) is 12.1 Å². The van der Waals surface area contributed by atoms with Crippen molar-refractivity contribution in [3.8, 4) is 0 Å². The van der Waals surface area contributed by atoms with E-state index in [1.165, 1.54) is 0 Å². The summed E-state index contributed by atoms with van der Waals surface area (Å²) in [6.45, 7) is 5.71. The molecule has 3 aromatic rings. The first-order valence-corrected chi connectivity index (χ1v) is 14.8. The zero-order chi connectivity index (χ0) is 28.3. The van der Waals surface area contributed by atoms with Crippen LogP contribution in [-0.2, 0) is 28.4 Å². The van der Waals surface area contributed by atoms with Gasteiger partial charge in [-0.05, 0) is 73.2 Å². The highest BCUT2D eigenvalue weighted by atomic mass is 32.2. The molecule has 0 aliphatic carbocycles. The summed E-state index contributed by atoms with van der Waals surface area (Å²) in [6.07, 6.45) is -0.423. The van der Waals surface area contributed by atoms with E-state index in [2.05, 4.69) is 10.6 Å². The molecule has 1 aliphatic heterocycles. The molecule has 3 atom stereocenters. The van der Waals surface area contributed by atoms with Crippen molar-refractivity contribution >= 4 is 15.7 Å². The lowest BCUT2D eigenvalue weighted by molar-refractivity contribution is 0.0825. The van der Waals surface area contributed by atoms with Crippen LogP contribution in [-0.4, -0.2) is 43.9 Å². The third-order valence-electron chi connectivity index (χ3n) is 7.01. The van der Waals surface area contributed by atoms with Crippen LogP contribution in [0.4, 0.5) is 8.78 Å². The van der Waals surface area contributed by atoms with Gasteiger partial charge in [-0.25, -0.2) is 17.2 Å². The number of aryl methyl sites for hydroxylation is 3. The van der Waals surface area contributed by atoms with Crippen molar-refractivity contribution in [3.05, 3.63) is 105 Å². The fourth-order valence-electron chi connectivity index (χ4n) is 5.16. The normalized spacial score (nSPS) is 17.7. The van der Waals surface area contributed by atoms with Gasteiger partial charge in [0.15, 0.2) is 9.84 Å². The maximum absolute atomic E-state index is 13.9. The average Bonchev–Trinajstić information content (AvgIpc) is 2.84. The molecular weight excluding hydrogens is 522 g/mol. The molecule has 3 N–H and O–H groups in total. The van der Waals surface area contributed by atoms with Crippen LogP contribution in [0.3, 0.4) is 0 Å². The lowest BCUT2D eigenvalue weighted by atomic mass is 9.96. The van der Waals surface area contributed by atoms with Gasteiger partial charge in [0.25, 0.3) is 5.91 Å². The number of carbonyl (C=O) groups is 1. The quantitative estimate of drug-likeness (QED) is 0.369. The Morgan fingerprint density at radius 3 is 2.31 bits per heavy atom. The number of fused-ring (bicyclic) bond motifs is 1. The number of aliphatic hydroxyl groups excluding tert-OH is 1. The van der Waals surface area contributed by atoms with Gasteiger partial charge in [0.05, 0.1) is 23.7 Å². The molecule has 3 aromatic carbocycles. The fraction of sp³-hybridized carbons (Fsp3) is 0.367. The molecule has 0 saturated carbocycles. The minimum atomic E-state index is -3.35. The van der Waals surface area contributed by atoms with Gasteiger partial charge < -0.3 is 15.7 Å². The fourth-order valence-corrected chi connectivity index (χ4v) is 6.82. The molecule has 1 amide bonds. The Balaban J connectivity index is 1.57. The van der Waals surface area contributed by atoms with Gasteiger partial charge in [-0.3, -0.25) is 4.79 Å². The van der Waals surface area contributed by atoms with Crippen LogP contribution in [0.2, 0.25) is 0 Å². The third-order valence-corrected chi connectivity index (χ3v) is 8.60. The van der Waals surface area contributed by atoms with E-state index in [9.17, 15) is 27.1 Å². The number of halogens is 2. The molecule has 0 radical (unpaired) electrons. The topological polar surface area (TPSA) is 95.5 Å². The van der Waals surface area contributed by atoms with Gasteiger partial charge in [-0.2, -0.15) is 0 Å². The van der Waals surface area contributed by atoms with Gasteiger partial charge in [-0.15, -0.1) is 0 Å². The Morgan fingerprint density at radius 2 is 1.67 bits per heavy atom. The van der Waals surface area contributed by atoms with Crippen LogP contribution < -0.4 is 10.6 Å². The van der Waals surface area contributed by atoms with E-state index in [4.69, 9.17) is 0 Å². The van der Waals surface area contributed by atoms with Crippen LogP contribution in [0.25, 0.3) is 0 Å². The summed E-state index contributed by atoms with van der Waals surface area (Å²) in [5.41, 5.74) is 5.15. The first-order chi connectivity index (χ1) is 18.4. The molecule has 1 heterocycles. The number of benzene rings is 3. The summed E-state index contributed by atoms with van der Waals surface area (Å²) in [4.78, 5) is 13.1. The number of amides is 1. The van der Waals surface area contributed by atoms with E-state index < -0.39 is 45.6 Å². The van der Waals surface area contributed by atoms with Gasteiger partial charge in [-0.1, -0.05) is 42.3 Å². The van der Waals surface area contributed by atoms with E-state index >= 15 is 0 Å². The summed E-state index contributed by atoms with van der Waals surface area (Å²) < 4.78 is 53.0. The third kappa shape index (κ3) is 7.50. The molecule has 208 valence electrons. The van der Waals surface area contributed by atoms with Gasteiger partial charge in [0.1, 0.15) is 11.6 Å². The number of sulfone groups is 1. The van der Waals surface area contributed by atoms with E-state index in [1.807, 2.05) is 45.0 Å². The number of aliphatic hydroxyl groups is 1. The van der Waals surface area contributed by atoms with E-state index in [0.717, 1.165) is 52.4 Å². The van der Waals surface area contributed by atoms with Crippen molar-refractivity contribution in [3.63, 3.8) is 0 Å². The molecule has 0 aromatic heterocycles. The molecule has 39 heavy (non-hydrogen) atoms. The second-order valence-electron chi connectivity index (χ2n) is 10.4. The highest BCUT2D eigenvalue weighted by Crippen LogP contribution is 2.29. The van der Waals surface area contributed by atoms with Crippen molar-refractivity contribution in [1.82, 2.24) is 10.6 Å². The van der Waals surface area contributed by atoms with Crippen molar-refractivity contribution in [2.24, 2.45) is 0 Å². The Bertz CT molecular complexity index is 1440. The molecule has 0 spiro atoms. The van der Waals surface area contributed by atoms with Crippen LogP contribution in [0.15, 0.2) is 54.6 Å². The van der Waals surface area contributed by atoms with E-state index in [-0.39, 0.29) is 30.0 Å². The minimum absolute atomic E-state index is 0.0341.